The molecule has 0 radical (unpaired) electrons. The average molecular weight is 328 g/mol. The number of fused-ring (bicyclic) bond motifs is 2. The van der Waals surface area contributed by atoms with E-state index in [9.17, 15) is 0 Å². The first-order valence-electron chi connectivity index (χ1n) is 8.99. The fourth-order valence-corrected chi connectivity index (χ4v) is 4.54. The number of pyridine rings is 1. The van der Waals surface area contributed by atoms with Gasteiger partial charge in [0.1, 0.15) is 18.4 Å². The van der Waals surface area contributed by atoms with Crippen molar-refractivity contribution in [2.24, 2.45) is 7.05 Å². The average Bonchev–Trinajstić information content (AvgIpc) is 3.14. The summed E-state index contributed by atoms with van der Waals surface area (Å²) < 4.78 is 8.93. The topological polar surface area (TPSA) is 13.1 Å². The van der Waals surface area contributed by atoms with E-state index in [0.717, 1.165) is 25.0 Å². The smallest absolute Gasteiger partial charge is 0.216 e. The van der Waals surface area contributed by atoms with Crippen molar-refractivity contribution in [1.29, 1.82) is 0 Å². The van der Waals surface area contributed by atoms with E-state index in [2.05, 4.69) is 79.3 Å². The summed E-state index contributed by atoms with van der Waals surface area (Å²) in [6.07, 6.45) is 5.12. The zero-order valence-electron chi connectivity index (χ0n) is 14.8. The van der Waals surface area contributed by atoms with Gasteiger partial charge in [-0.25, -0.2) is 4.57 Å². The summed E-state index contributed by atoms with van der Waals surface area (Å²) in [6.45, 7) is 2.18. The van der Waals surface area contributed by atoms with Gasteiger partial charge in [-0.15, -0.1) is 0 Å². The lowest BCUT2D eigenvalue weighted by Crippen LogP contribution is -2.35. The first kappa shape index (κ1) is 14.7. The molecule has 0 bridgehead atoms. The highest BCUT2D eigenvalue weighted by molar-refractivity contribution is 5.72. The zero-order chi connectivity index (χ0) is 17.0. The number of hydrogen-bond acceptors (Lipinski definition) is 1. The molecule has 5 rings (SSSR count). The Labute approximate surface area is 148 Å². The quantitative estimate of drug-likeness (QED) is 0.616. The van der Waals surface area contributed by atoms with Gasteiger partial charge >= 0.3 is 0 Å². The molecule has 0 fully saturated rings. The summed E-state index contributed by atoms with van der Waals surface area (Å²) in [6, 6.07) is 19.6. The minimum atomic E-state index is -0.0953. The monoisotopic (exact) mass is 328 g/mol. The second kappa shape index (κ2) is 5.19. The Morgan fingerprint density at radius 3 is 2.24 bits per heavy atom. The van der Waals surface area contributed by atoms with Crippen molar-refractivity contribution in [3.05, 3.63) is 83.0 Å². The van der Waals surface area contributed by atoms with E-state index in [0.29, 0.717) is 0 Å². The fraction of sp³-hybridized carbons (Fsp3) is 0.261. The molecule has 1 aromatic heterocycles. The van der Waals surface area contributed by atoms with Crippen LogP contribution in [0.1, 0.15) is 22.3 Å². The van der Waals surface area contributed by atoms with Crippen LogP contribution in [-0.2, 0) is 26.3 Å². The number of aromatic nitrogens is 1. The van der Waals surface area contributed by atoms with E-state index in [4.69, 9.17) is 4.74 Å². The van der Waals surface area contributed by atoms with Gasteiger partial charge < -0.3 is 4.74 Å². The molecule has 0 N–H and O–H groups in total. The second-order valence-electron chi connectivity index (χ2n) is 7.53. The van der Waals surface area contributed by atoms with Gasteiger partial charge in [0, 0.05) is 31.4 Å². The summed E-state index contributed by atoms with van der Waals surface area (Å²) in [5.74, 6) is 1.09. The Morgan fingerprint density at radius 2 is 1.52 bits per heavy atom. The van der Waals surface area contributed by atoms with Gasteiger partial charge in [0.2, 0.25) is 5.69 Å². The maximum absolute atomic E-state index is 6.75. The van der Waals surface area contributed by atoms with Crippen molar-refractivity contribution in [3.63, 3.8) is 0 Å². The summed E-state index contributed by atoms with van der Waals surface area (Å²) in [5, 5.41) is 0. The van der Waals surface area contributed by atoms with Gasteiger partial charge in [-0.05, 0) is 35.2 Å². The van der Waals surface area contributed by atoms with Crippen LogP contribution in [0.4, 0.5) is 0 Å². The minimum Gasteiger partial charge on any atom is -0.485 e. The van der Waals surface area contributed by atoms with Crippen molar-refractivity contribution in [2.75, 3.05) is 0 Å². The van der Waals surface area contributed by atoms with E-state index in [1.807, 2.05) is 0 Å². The molecular weight excluding hydrogens is 306 g/mol. The predicted octanol–water partition coefficient (Wildman–Crippen LogP) is 3.96. The first-order valence-corrected chi connectivity index (χ1v) is 8.99. The minimum absolute atomic E-state index is 0.0953. The molecule has 1 aliphatic carbocycles. The summed E-state index contributed by atoms with van der Waals surface area (Å²) in [7, 11) is 2.10. The van der Waals surface area contributed by atoms with E-state index in [-0.39, 0.29) is 5.60 Å². The Kier molecular flexibility index (Phi) is 3.05. The van der Waals surface area contributed by atoms with Gasteiger partial charge in [0.25, 0.3) is 0 Å². The van der Waals surface area contributed by atoms with Crippen LogP contribution >= 0.6 is 0 Å². The van der Waals surface area contributed by atoms with Crippen LogP contribution in [0.5, 0.6) is 5.75 Å². The van der Waals surface area contributed by atoms with E-state index in [1.165, 1.54) is 33.5 Å². The molecule has 3 aromatic rings. The van der Waals surface area contributed by atoms with Gasteiger partial charge in [-0.2, -0.15) is 0 Å². The number of aryl methyl sites for hydroxylation is 2. The molecule has 0 amide bonds. The molecule has 2 aromatic carbocycles. The van der Waals surface area contributed by atoms with Crippen LogP contribution in [-0.4, -0.2) is 5.60 Å². The number of nitrogens with zero attached hydrogens (tertiary/aromatic N) is 1. The predicted molar refractivity (Wildman–Crippen MR) is 98.7 cm³/mol. The van der Waals surface area contributed by atoms with E-state index >= 15 is 0 Å². The highest BCUT2D eigenvalue weighted by atomic mass is 16.5. The normalized spacial score (nSPS) is 16.6. The lowest BCUT2D eigenvalue weighted by Gasteiger charge is -2.23. The summed E-state index contributed by atoms with van der Waals surface area (Å²) >= 11 is 0. The molecule has 124 valence electrons. The van der Waals surface area contributed by atoms with Crippen LogP contribution in [0.2, 0.25) is 0 Å². The van der Waals surface area contributed by atoms with Crippen LogP contribution in [0.3, 0.4) is 0 Å². The SMILES string of the molecule is Cc1ccc2c(c1-c1cccc[n+]1C)OC1(Cc3ccccc3C1)C2. The Bertz CT molecular complexity index is 964. The maximum atomic E-state index is 6.75. The van der Waals surface area contributed by atoms with Crippen LogP contribution in [0.25, 0.3) is 11.3 Å². The first-order chi connectivity index (χ1) is 12.2. The number of rotatable bonds is 1. The lowest BCUT2D eigenvalue weighted by molar-refractivity contribution is -0.660. The highest BCUT2D eigenvalue weighted by Gasteiger charge is 2.45. The zero-order valence-corrected chi connectivity index (χ0v) is 14.8. The Hall–Kier alpha value is -2.61. The van der Waals surface area contributed by atoms with Crippen molar-refractivity contribution < 1.29 is 9.30 Å². The second-order valence-corrected chi connectivity index (χ2v) is 7.53. The fourth-order valence-electron chi connectivity index (χ4n) is 4.54. The van der Waals surface area contributed by atoms with E-state index in [1.54, 1.807) is 0 Å². The molecule has 0 unspecified atom stereocenters. The van der Waals surface area contributed by atoms with E-state index < -0.39 is 0 Å². The summed E-state index contributed by atoms with van der Waals surface area (Å²) in [5.41, 5.74) is 7.86. The van der Waals surface area contributed by atoms with Crippen LogP contribution in [0.15, 0.2) is 60.8 Å². The third kappa shape index (κ3) is 2.21. The largest absolute Gasteiger partial charge is 0.485 e. The number of benzene rings is 2. The standard InChI is InChI=1S/C23H22NO/c1-16-10-11-19-15-23(13-17-7-3-4-8-18(17)14-23)25-22(19)21(16)20-9-5-6-12-24(20)2/h3-12H,13-15H2,1-2H3/q+1. The van der Waals surface area contributed by atoms with Crippen molar-refractivity contribution in [2.45, 2.75) is 31.8 Å². The third-order valence-corrected chi connectivity index (χ3v) is 5.73. The van der Waals surface area contributed by atoms with Crippen molar-refractivity contribution in [3.8, 4) is 17.0 Å². The molecule has 2 heteroatoms. The van der Waals surface area contributed by atoms with Crippen molar-refractivity contribution in [1.82, 2.24) is 0 Å². The molecule has 0 saturated carbocycles. The van der Waals surface area contributed by atoms with Crippen LogP contribution < -0.4 is 9.30 Å². The molecule has 0 saturated heterocycles. The number of hydrogen-bond donors (Lipinski definition) is 0. The molecule has 0 atom stereocenters. The summed E-state index contributed by atoms with van der Waals surface area (Å²) in [4.78, 5) is 0. The van der Waals surface area contributed by atoms with Gasteiger partial charge in [0.05, 0.1) is 5.56 Å². The molecule has 25 heavy (non-hydrogen) atoms. The Balaban J connectivity index is 1.61. The van der Waals surface area contributed by atoms with Crippen LogP contribution in [0, 0.1) is 6.92 Å². The van der Waals surface area contributed by atoms with Gasteiger partial charge in [-0.1, -0.05) is 36.4 Å². The van der Waals surface area contributed by atoms with Gasteiger partial charge in [0.15, 0.2) is 6.20 Å². The maximum Gasteiger partial charge on any atom is 0.216 e. The number of ether oxygens (including phenoxy) is 1. The third-order valence-electron chi connectivity index (χ3n) is 5.73. The molecule has 1 spiro atoms. The Morgan fingerprint density at radius 1 is 0.840 bits per heavy atom. The lowest BCUT2D eigenvalue weighted by atomic mass is 9.92. The molecule has 2 aliphatic rings. The highest BCUT2D eigenvalue weighted by Crippen LogP contribution is 2.48. The molecule has 2 heterocycles. The molecule has 1 aliphatic heterocycles. The van der Waals surface area contributed by atoms with Gasteiger partial charge in [-0.3, -0.25) is 0 Å². The molecular formula is C23H22NO+. The molecule has 2 nitrogen and oxygen atoms in total. The van der Waals surface area contributed by atoms with Crippen molar-refractivity contribution >= 4 is 0 Å².